The number of benzene rings is 1. The number of hydrogen-bond acceptors (Lipinski definition) is 6. The van der Waals surface area contributed by atoms with Crippen molar-refractivity contribution >= 4 is 23.2 Å². The van der Waals surface area contributed by atoms with Crippen LogP contribution in [-0.2, 0) is 0 Å². The van der Waals surface area contributed by atoms with Crippen LogP contribution >= 0.6 is 0 Å². The number of carbonyl (C=O) groups excluding carboxylic acids is 1. The van der Waals surface area contributed by atoms with E-state index < -0.39 is 0 Å². The van der Waals surface area contributed by atoms with Gasteiger partial charge in [0.1, 0.15) is 5.75 Å². The fourth-order valence-electron chi connectivity index (χ4n) is 1.97. The Balaban J connectivity index is 1.63. The molecule has 0 atom stereocenters. The molecule has 2 N–H and O–H groups in total. The van der Waals surface area contributed by atoms with Crippen LogP contribution in [0.2, 0.25) is 0 Å². The summed E-state index contributed by atoms with van der Waals surface area (Å²) >= 11 is 0. The van der Waals surface area contributed by atoms with Crippen LogP contribution in [0.25, 0.3) is 0 Å². The minimum absolute atomic E-state index is 0.284. The molecule has 0 saturated heterocycles. The Hall–Kier alpha value is -3.48. The predicted molar refractivity (Wildman–Crippen MR) is 90.5 cm³/mol. The molecule has 0 radical (unpaired) electrons. The second-order valence-corrected chi connectivity index (χ2v) is 4.85. The van der Waals surface area contributed by atoms with E-state index in [1.807, 2.05) is 24.3 Å². The highest BCUT2D eigenvalue weighted by Gasteiger charge is 2.07. The molecule has 0 bridgehead atoms. The first-order valence-electron chi connectivity index (χ1n) is 7.21. The number of anilines is 3. The maximum Gasteiger partial charge on any atom is 0.258 e. The number of ether oxygens (including phenoxy) is 1. The lowest BCUT2D eigenvalue weighted by atomic mass is 10.3. The number of rotatable bonds is 5. The molecular formula is C17H15N5O2. The number of carbonyl (C=O) groups is 1. The Morgan fingerprint density at radius 2 is 1.75 bits per heavy atom. The highest BCUT2D eigenvalue weighted by atomic mass is 16.5. The summed E-state index contributed by atoms with van der Waals surface area (Å²) in [7, 11) is 1.62. The smallest absolute Gasteiger partial charge is 0.258 e. The molecule has 0 aliphatic heterocycles. The van der Waals surface area contributed by atoms with Gasteiger partial charge in [0.25, 0.3) is 5.91 Å². The fourth-order valence-corrected chi connectivity index (χ4v) is 1.97. The number of aromatic nitrogens is 3. The molecule has 3 aromatic rings. The lowest BCUT2D eigenvalue weighted by molar-refractivity contribution is 0.102. The number of hydrogen-bond donors (Lipinski definition) is 2. The van der Waals surface area contributed by atoms with Crippen LogP contribution in [0.1, 0.15) is 10.4 Å². The van der Waals surface area contributed by atoms with Gasteiger partial charge in [-0.25, -0.2) is 0 Å². The molecule has 0 aliphatic rings. The normalized spacial score (nSPS) is 10.0. The average Bonchev–Trinajstić information content (AvgIpc) is 2.65. The molecular weight excluding hydrogens is 306 g/mol. The van der Waals surface area contributed by atoms with E-state index in [2.05, 4.69) is 25.8 Å². The molecule has 2 aromatic heterocycles. The van der Waals surface area contributed by atoms with Crippen molar-refractivity contribution < 1.29 is 9.53 Å². The van der Waals surface area contributed by atoms with Crippen molar-refractivity contribution in [2.75, 3.05) is 17.7 Å². The van der Waals surface area contributed by atoms with Crippen LogP contribution in [-0.4, -0.2) is 28.2 Å². The fraction of sp³-hybridized carbons (Fsp3) is 0.0588. The molecule has 120 valence electrons. The topological polar surface area (TPSA) is 89.0 Å². The van der Waals surface area contributed by atoms with Gasteiger partial charge in [0.15, 0.2) is 11.6 Å². The van der Waals surface area contributed by atoms with Crippen molar-refractivity contribution in [3.05, 3.63) is 66.5 Å². The molecule has 7 heteroatoms. The third-order valence-electron chi connectivity index (χ3n) is 3.19. The molecule has 0 aliphatic carbocycles. The van der Waals surface area contributed by atoms with Crippen molar-refractivity contribution in [2.45, 2.75) is 0 Å². The van der Waals surface area contributed by atoms with Gasteiger partial charge in [-0.3, -0.25) is 9.78 Å². The first kappa shape index (κ1) is 15.4. The molecule has 0 unspecified atom stereocenters. The van der Waals surface area contributed by atoms with Gasteiger partial charge in [-0.1, -0.05) is 0 Å². The molecule has 1 aromatic carbocycles. The third-order valence-corrected chi connectivity index (χ3v) is 3.19. The number of nitrogens with one attached hydrogen (secondary N) is 2. The maximum absolute atomic E-state index is 12.0. The van der Waals surface area contributed by atoms with Crippen LogP contribution < -0.4 is 15.4 Å². The number of pyridine rings is 1. The molecule has 7 nitrogen and oxygen atoms in total. The standard InChI is InChI=1S/C17H15N5O2/c1-24-14-6-4-13(5-7-14)19-15-8-9-16(22-21-15)20-17(23)12-3-2-10-18-11-12/h2-11H,1H3,(H,19,21)(H,20,22,23). The Labute approximate surface area is 138 Å². The summed E-state index contributed by atoms with van der Waals surface area (Å²) in [6.07, 6.45) is 3.10. The lowest BCUT2D eigenvalue weighted by Gasteiger charge is -2.07. The molecule has 1 amide bonds. The SMILES string of the molecule is COc1ccc(Nc2ccc(NC(=O)c3cccnc3)nn2)cc1. The van der Waals surface area contributed by atoms with Gasteiger partial charge in [-0.05, 0) is 48.5 Å². The van der Waals surface area contributed by atoms with Crippen LogP contribution in [0.5, 0.6) is 5.75 Å². The highest BCUT2D eigenvalue weighted by Crippen LogP contribution is 2.18. The van der Waals surface area contributed by atoms with Gasteiger partial charge in [-0.15, -0.1) is 10.2 Å². The first-order valence-corrected chi connectivity index (χ1v) is 7.21. The lowest BCUT2D eigenvalue weighted by Crippen LogP contribution is -2.13. The summed E-state index contributed by atoms with van der Waals surface area (Å²) in [5, 5.41) is 13.8. The molecule has 0 fully saturated rings. The second-order valence-electron chi connectivity index (χ2n) is 4.85. The van der Waals surface area contributed by atoms with Crippen molar-refractivity contribution in [3.8, 4) is 5.75 Å². The third kappa shape index (κ3) is 3.83. The van der Waals surface area contributed by atoms with E-state index in [4.69, 9.17) is 4.74 Å². The van der Waals surface area contributed by atoms with Gasteiger partial charge in [0.2, 0.25) is 0 Å². The van der Waals surface area contributed by atoms with E-state index in [0.29, 0.717) is 17.2 Å². The van der Waals surface area contributed by atoms with Crippen molar-refractivity contribution in [1.82, 2.24) is 15.2 Å². The van der Waals surface area contributed by atoms with Gasteiger partial charge < -0.3 is 15.4 Å². The van der Waals surface area contributed by atoms with Crippen LogP contribution in [0, 0.1) is 0 Å². The summed E-state index contributed by atoms with van der Waals surface area (Å²) in [4.78, 5) is 15.9. The zero-order valence-corrected chi connectivity index (χ0v) is 12.9. The minimum atomic E-state index is -0.284. The summed E-state index contributed by atoms with van der Waals surface area (Å²) in [5.74, 6) is 1.43. The molecule has 3 rings (SSSR count). The van der Waals surface area contributed by atoms with Crippen molar-refractivity contribution in [1.29, 1.82) is 0 Å². The highest BCUT2D eigenvalue weighted by molar-refractivity contribution is 6.03. The van der Waals surface area contributed by atoms with E-state index in [1.54, 1.807) is 37.6 Å². The summed E-state index contributed by atoms with van der Waals surface area (Å²) in [6, 6.07) is 14.2. The van der Waals surface area contributed by atoms with E-state index in [9.17, 15) is 4.79 Å². The van der Waals surface area contributed by atoms with Gasteiger partial charge >= 0.3 is 0 Å². The van der Waals surface area contributed by atoms with E-state index >= 15 is 0 Å². The number of amides is 1. The van der Waals surface area contributed by atoms with Crippen LogP contribution in [0.15, 0.2) is 60.9 Å². The maximum atomic E-state index is 12.0. The molecule has 24 heavy (non-hydrogen) atoms. The zero-order chi connectivity index (χ0) is 16.8. The molecule has 2 heterocycles. The number of nitrogens with zero attached hydrogens (tertiary/aromatic N) is 3. The van der Waals surface area contributed by atoms with Crippen LogP contribution in [0.4, 0.5) is 17.3 Å². The van der Waals surface area contributed by atoms with E-state index in [1.165, 1.54) is 6.20 Å². The van der Waals surface area contributed by atoms with Gasteiger partial charge in [0.05, 0.1) is 12.7 Å². The van der Waals surface area contributed by atoms with E-state index in [-0.39, 0.29) is 5.91 Å². The number of methoxy groups -OCH3 is 1. The first-order chi connectivity index (χ1) is 11.7. The zero-order valence-electron chi connectivity index (χ0n) is 12.9. The Kier molecular flexibility index (Phi) is 4.62. The largest absolute Gasteiger partial charge is 0.497 e. The van der Waals surface area contributed by atoms with Crippen molar-refractivity contribution in [2.24, 2.45) is 0 Å². The predicted octanol–water partition coefficient (Wildman–Crippen LogP) is 2.88. The monoisotopic (exact) mass is 321 g/mol. The average molecular weight is 321 g/mol. The second kappa shape index (κ2) is 7.19. The summed E-state index contributed by atoms with van der Waals surface area (Å²) in [5.41, 5.74) is 1.32. The minimum Gasteiger partial charge on any atom is -0.497 e. The van der Waals surface area contributed by atoms with Crippen molar-refractivity contribution in [3.63, 3.8) is 0 Å². The Bertz CT molecular complexity index is 805. The van der Waals surface area contributed by atoms with Crippen LogP contribution in [0.3, 0.4) is 0 Å². The van der Waals surface area contributed by atoms with E-state index in [0.717, 1.165) is 11.4 Å². The van der Waals surface area contributed by atoms with Gasteiger partial charge in [-0.2, -0.15) is 0 Å². The Morgan fingerprint density at radius 1 is 1.00 bits per heavy atom. The van der Waals surface area contributed by atoms with Gasteiger partial charge in [0, 0.05) is 18.1 Å². The summed E-state index contributed by atoms with van der Waals surface area (Å²) in [6.45, 7) is 0. The Morgan fingerprint density at radius 3 is 2.38 bits per heavy atom. The molecule has 0 saturated carbocycles. The molecule has 0 spiro atoms. The quantitative estimate of drug-likeness (QED) is 0.751. The summed E-state index contributed by atoms with van der Waals surface area (Å²) < 4.78 is 5.11.